The van der Waals surface area contributed by atoms with Gasteiger partial charge in [0.15, 0.2) is 0 Å². The summed E-state index contributed by atoms with van der Waals surface area (Å²) in [6.45, 7) is 5.24. The number of fused-ring (bicyclic) bond motifs is 1. The number of unbranched alkanes of at least 4 members (excludes halogenated alkanes) is 1. The van der Waals surface area contributed by atoms with Crippen LogP contribution in [0.1, 0.15) is 54.4 Å². The van der Waals surface area contributed by atoms with Crippen molar-refractivity contribution in [1.29, 1.82) is 0 Å². The summed E-state index contributed by atoms with van der Waals surface area (Å²) in [5.74, 6) is 1.32. The van der Waals surface area contributed by atoms with E-state index in [1.165, 1.54) is 5.56 Å². The van der Waals surface area contributed by atoms with Crippen LogP contribution >= 0.6 is 11.8 Å². The lowest BCUT2D eigenvalue weighted by atomic mass is 10.1. The first-order chi connectivity index (χ1) is 8.79. The molecule has 1 aliphatic rings. The molecule has 3 heteroatoms. The van der Waals surface area contributed by atoms with Crippen molar-refractivity contribution in [3.63, 3.8) is 0 Å². The van der Waals surface area contributed by atoms with Gasteiger partial charge in [-0.25, -0.2) is 0 Å². The van der Waals surface area contributed by atoms with Crippen LogP contribution in [-0.2, 0) is 0 Å². The Hall–Kier alpha value is -0.960. The minimum atomic E-state index is 0.215. The topological polar surface area (TPSA) is 20.3 Å². The van der Waals surface area contributed by atoms with Gasteiger partial charge in [0, 0.05) is 12.1 Å². The molecule has 1 aromatic rings. The average molecular weight is 263 g/mol. The summed E-state index contributed by atoms with van der Waals surface area (Å²) in [6.07, 6.45) is 3.37. The smallest absolute Gasteiger partial charge is 0.255 e. The summed E-state index contributed by atoms with van der Waals surface area (Å²) in [5.41, 5.74) is 2.11. The summed E-state index contributed by atoms with van der Waals surface area (Å²) in [7, 11) is 0. The Morgan fingerprint density at radius 2 is 2.00 bits per heavy atom. The molecule has 1 amide bonds. The van der Waals surface area contributed by atoms with Gasteiger partial charge < -0.3 is 4.90 Å². The number of thioether (sulfide) groups is 1. The molecule has 0 aromatic heterocycles. The van der Waals surface area contributed by atoms with Crippen molar-refractivity contribution in [2.75, 3.05) is 12.3 Å². The number of hydrogen-bond acceptors (Lipinski definition) is 2. The molecule has 1 heterocycles. The minimum absolute atomic E-state index is 0.215. The van der Waals surface area contributed by atoms with Gasteiger partial charge in [-0.15, -0.1) is 11.8 Å². The highest BCUT2D eigenvalue weighted by Crippen LogP contribution is 2.41. The molecule has 0 fully saturated rings. The fourth-order valence-electron chi connectivity index (χ4n) is 2.29. The molecule has 0 saturated carbocycles. The van der Waals surface area contributed by atoms with Crippen molar-refractivity contribution in [3.05, 3.63) is 35.4 Å². The molecule has 98 valence electrons. The molecule has 0 radical (unpaired) electrons. The lowest BCUT2D eigenvalue weighted by Gasteiger charge is -2.24. The highest BCUT2D eigenvalue weighted by Gasteiger charge is 2.35. The molecule has 1 unspecified atom stereocenters. The van der Waals surface area contributed by atoms with E-state index in [2.05, 4.69) is 24.8 Å². The van der Waals surface area contributed by atoms with Gasteiger partial charge in [-0.3, -0.25) is 4.79 Å². The quantitative estimate of drug-likeness (QED) is 0.770. The van der Waals surface area contributed by atoms with Crippen LogP contribution in [0.3, 0.4) is 0 Å². The summed E-state index contributed by atoms with van der Waals surface area (Å²) in [5, 5.41) is 0.236. The predicted octanol–water partition coefficient (Wildman–Crippen LogP) is 4.08. The van der Waals surface area contributed by atoms with Crippen molar-refractivity contribution in [2.24, 2.45) is 0 Å². The number of benzene rings is 1. The molecule has 0 spiro atoms. The van der Waals surface area contributed by atoms with Gasteiger partial charge in [-0.2, -0.15) is 0 Å². The standard InChI is InChI=1S/C15H21NOS/c1-3-5-10-16-14(17)12-8-6-7-9-13(12)15(16)18-11-4-2/h6-9,15H,3-5,10-11H2,1-2H3. The van der Waals surface area contributed by atoms with Gasteiger partial charge >= 0.3 is 0 Å². The first-order valence-electron chi connectivity index (χ1n) is 6.81. The Kier molecular flexibility index (Phi) is 4.70. The van der Waals surface area contributed by atoms with E-state index >= 15 is 0 Å². The molecule has 0 aliphatic carbocycles. The largest absolute Gasteiger partial charge is 0.322 e. The number of rotatable bonds is 6. The highest BCUT2D eigenvalue weighted by atomic mass is 32.2. The SMILES string of the molecule is CCCCN1C(=O)c2ccccc2C1SCCC. The molecule has 2 nitrogen and oxygen atoms in total. The molecular weight excluding hydrogens is 242 g/mol. The van der Waals surface area contributed by atoms with E-state index in [1.807, 2.05) is 30.0 Å². The number of amides is 1. The van der Waals surface area contributed by atoms with Gasteiger partial charge in [-0.05, 0) is 30.2 Å². The summed E-state index contributed by atoms with van der Waals surface area (Å²) in [6, 6.07) is 8.06. The van der Waals surface area contributed by atoms with Crippen LogP contribution in [0.2, 0.25) is 0 Å². The van der Waals surface area contributed by atoms with Gasteiger partial charge in [0.05, 0.1) is 0 Å². The van der Waals surface area contributed by atoms with Crippen LogP contribution in [0.5, 0.6) is 0 Å². The second kappa shape index (κ2) is 6.28. The molecular formula is C15H21NOS. The van der Waals surface area contributed by atoms with Gasteiger partial charge in [0.25, 0.3) is 5.91 Å². The third kappa shape index (κ3) is 2.56. The van der Waals surface area contributed by atoms with Crippen LogP contribution in [0, 0.1) is 0 Å². The van der Waals surface area contributed by atoms with Crippen molar-refractivity contribution >= 4 is 17.7 Å². The minimum Gasteiger partial charge on any atom is -0.322 e. The van der Waals surface area contributed by atoms with Crippen molar-refractivity contribution in [1.82, 2.24) is 4.90 Å². The van der Waals surface area contributed by atoms with Gasteiger partial charge in [0.2, 0.25) is 0 Å². The first-order valence-corrected chi connectivity index (χ1v) is 7.86. The predicted molar refractivity (Wildman–Crippen MR) is 77.9 cm³/mol. The van der Waals surface area contributed by atoms with Crippen molar-refractivity contribution < 1.29 is 4.79 Å². The second-order valence-corrected chi connectivity index (χ2v) is 5.85. The van der Waals surface area contributed by atoms with Gasteiger partial charge in [0.1, 0.15) is 5.37 Å². The first kappa shape index (κ1) is 13.5. The van der Waals surface area contributed by atoms with Crippen molar-refractivity contribution in [2.45, 2.75) is 38.5 Å². The van der Waals surface area contributed by atoms with E-state index in [9.17, 15) is 4.79 Å². The molecule has 1 atom stereocenters. The third-order valence-corrected chi connectivity index (χ3v) is 4.70. The summed E-state index contributed by atoms with van der Waals surface area (Å²) in [4.78, 5) is 14.4. The molecule has 0 N–H and O–H groups in total. The van der Waals surface area contributed by atoms with E-state index in [0.29, 0.717) is 0 Å². The second-order valence-electron chi connectivity index (χ2n) is 4.66. The van der Waals surface area contributed by atoms with E-state index in [0.717, 1.165) is 37.1 Å². The maximum Gasteiger partial charge on any atom is 0.255 e. The fraction of sp³-hybridized carbons (Fsp3) is 0.533. The van der Waals surface area contributed by atoms with Crippen molar-refractivity contribution in [3.8, 4) is 0 Å². The Morgan fingerprint density at radius 3 is 2.72 bits per heavy atom. The summed E-state index contributed by atoms with van der Waals surface area (Å²) >= 11 is 1.89. The molecule has 1 aromatic carbocycles. The van der Waals surface area contributed by atoms with Gasteiger partial charge in [-0.1, -0.05) is 38.5 Å². The Balaban J connectivity index is 2.22. The molecule has 18 heavy (non-hydrogen) atoms. The van der Waals surface area contributed by atoms with Crippen LogP contribution < -0.4 is 0 Å². The fourth-order valence-corrected chi connectivity index (χ4v) is 3.52. The van der Waals surface area contributed by atoms with E-state index in [-0.39, 0.29) is 11.3 Å². The third-order valence-electron chi connectivity index (χ3n) is 3.23. The van der Waals surface area contributed by atoms with Crippen LogP contribution in [0.4, 0.5) is 0 Å². The molecule has 1 aliphatic heterocycles. The van der Waals surface area contributed by atoms with E-state index in [1.54, 1.807) is 0 Å². The normalized spacial score (nSPS) is 18.2. The highest BCUT2D eigenvalue weighted by molar-refractivity contribution is 7.99. The zero-order valence-corrected chi connectivity index (χ0v) is 12.0. The number of carbonyl (C=O) groups is 1. The zero-order valence-electron chi connectivity index (χ0n) is 11.2. The van der Waals surface area contributed by atoms with Crippen LogP contribution in [-0.4, -0.2) is 23.1 Å². The lowest BCUT2D eigenvalue weighted by Crippen LogP contribution is -2.27. The molecule has 2 rings (SSSR count). The van der Waals surface area contributed by atoms with Crippen LogP contribution in [0.15, 0.2) is 24.3 Å². The maximum absolute atomic E-state index is 12.4. The summed E-state index contributed by atoms with van der Waals surface area (Å²) < 4.78 is 0. The average Bonchev–Trinajstić information content (AvgIpc) is 2.67. The van der Waals surface area contributed by atoms with E-state index in [4.69, 9.17) is 0 Å². The zero-order chi connectivity index (χ0) is 13.0. The Bertz CT molecular complexity index is 419. The molecule has 0 bridgehead atoms. The van der Waals surface area contributed by atoms with E-state index < -0.39 is 0 Å². The maximum atomic E-state index is 12.4. The lowest BCUT2D eigenvalue weighted by molar-refractivity contribution is 0.0771. The Morgan fingerprint density at radius 1 is 1.22 bits per heavy atom. The Labute approximate surface area is 114 Å². The number of hydrogen-bond donors (Lipinski definition) is 0. The monoisotopic (exact) mass is 263 g/mol. The molecule has 0 saturated heterocycles. The number of nitrogens with zero attached hydrogens (tertiary/aromatic N) is 1. The van der Waals surface area contributed by atoms with Crippen LogP contribution in [0.25, 0.3) is 0 Å². The number of carbonyl (C=O) groups excluding carboxylic acids is 1.